The number of thioether (sulfide) groups is 1. The fourth-order valence-corrected chi connectivity index (χ4v) is 5.22. The second kappa shape index (κ2) is 10.5. The van der Waals surface area contributed by atoms with E-state index in [1.807, 2.05) is 6.92 Å². The molecule has 0 N–H and O–H groups in total. The van der Waals surface area contributed by atoms with Crippen LogP contribution >= 0.6 is 23.4 Å². The highest BCUT2D eigenvalue weighted by atomic mass is 35.5. The third kappa shape index (κ3) is 5.69. The molecule has 0 aliphatic carbocycles. The van der Waals surface area contributed by atoms with Crippen LogP contribution in [0.25, 0.3) is 11.2 Å². The van der Waals surface area contributed by atoms with Gasteiger partial charge in [0.2, 0.25) is 0 Å². The Bertz CT molecular complexity index is 1680. The number of benzene rings is 2. The molecule has 0 radical (unpaired) electrons. The Morgan fingerprint density at radius 2 is 1.79 bits per heavy atom. The zero-order valence-electron chi connectivity index (χ0n) is 20.6. The first-order chi connectivity index (χ1) is 18.5. The van der Waals surface area contributed by atoms with Crippen molar-refractivity contribution in [2.45, 2.75) is 37.7 Å². The highest BCUT2D eigenvalue weighted by molar-refractivity contribution is 8.12. The average Bonchev–Trinajstić information content (AvgIpc) is 3.44. The number of halogens is 4. The van der Waals surface area contributed by atoms with E-state index in [4.69, 9.17) is 16.3 Å². The van der Waals surface area contributed by atoms with Crippen LogP contribution < -0.4 is 20.7 Å². The maximum atomic E-state index is 13.8. The summed E-state index contributed by atoms with van der Waals surface area (Å²) in [5, 5.41) is 0.412. The van der Waals surface area contributed by atoms with E-state index in [0.717, 1.165) is 22.3 Å². The van der Waals surface area contributed by atoms with Crippen molar-refractivity contribution in [3.05, 3.63) is 80.0 Å². The second-order valence-corrected chi connectivity index (χ2v) is 10.4. The Hall–Kier alpha value is -3.71. The predicted octanol–water partition coefficient (Wildman–Crippen LogP) is 4.82. The summed E-state index contributed by atoms with van der Waals surface area (Å²) >= 11 is 7.47. The van der Waals surface area contributed by atoms with E-state index in [2.05, 4.69) is 14.7 Å². The Morgan fingerprint density at radius 3 is 2.46 bits per heavy atom. The Morgan fingerprint density at radius 1 is 1.08 bits per heavy atom. The topological polar surface area (TPSA) is 92.6 Å². The molecule has 0 fully saturated rings. The number of aryl methyl sites for hydroxylation is 1. The molecule has 1 aliphatic rings. The van der Waals surface area contributed by atoms with E-state index in [1.165, 1.54) is 40.1 Å². The van der Waals surface area contributed by atoms with E-state index in [1.54, 1.807) is 29.8 Å². The Labute approximate surface area is 228 Å². The minimum atomic E-state index is -4.89. The summed E-state index contributed by atoms with van der Waals surface area (Å²) in [6.07, 6.45) is -4.89. The van der Waals surface area contributed by atoms with Gasteiger partial charge in [0, 0.05) is 24.7 Å². The Kier molecular flexibility index (Phi) is 7.21. The number of fused-ring (bicyclic) bond motifs is 1. The van der Waals surface area contributed by atoms with Gasteiger partial charge in [0.15, 0.2) is 11.2 Å². The fourth-order valence-electron chi connectivity index (χ4n) is 4.14. The molecule has 2 unspecified atom stereocenters. The summed E-state index contributed by atoms with van der Waals surface area (Å²) < 4.78 is 52.0. The van der Waals surface area contributed by atoms with Crippen molar-refractivity contribution in [2.24, 2.45) is 12.0 Å². The lowest BCUT2D eigenvalue weighted by molar-refractivity contribution is -0.274. The number of aliphatic imine (C=N–C) groups is 1. The van der Waals surface area contributed by atoms with Gasteiger partial charge in [-0.1, -0.05) is 29.8 Å². The minimum absolute atomic E-state index is 0.0110. The van der Waals surface area contributed by atoms with E-state index in [-0.39, 0.29) is 47.3 Å². The molecule has 1 aliphatic heterocycles. The number of alkyl halides is 3. The predicted molar refractivity (Wildman–Crippen MR) is 142 cm³/mol. The van der Waals surface area contributed by atoms with Crippen LogP contribution in [0.2, 0.25) is 5.02 Å². The summed E-state index contributed by atoms with van der Waals surface area (Å²) in [6, 6.07) is 11.6. The third-order valence-electron chi connectivity index (χ3n) is 6.13. The Balaban J connectivity index is 1.64. The SMILES string of the molecule is CC1N=CSC1Cn1c(=O)c2c(nc(Oc3cccc(OC(F)(F)F)c3)n2Cc2ccc(Cl)cc2)n(C)c1=O. The molecule has 4 aromatic rings. The quantitative estimate of drug-likeness (QED) is 0.312. The van der Waals surface area contributed by atoms with Gasteiger partial charge in [0.25, 0.3) is 5.56 Å². The molecule has 9 nitrogen and oxygen atoms in total. The molecule has 2 aromatic heterocycles. The molecular weight excluding hydrogens is 559 g/mol. The van der Waals surface area contributed by atoms with Gasteiger partial charge in [-0.15, -0.1) is 24.9 Å². The molecule has 14 heteroatoms. The molecule has 0 saturated carbocycles. The van der Waals surface area contributed by atoms with Crippen LogP contribution in [0.1, 0.15) is 12.5 Å². The van der Waals surface area contributed by atoms with Crippen LogP contribution in [-0.4, -0.2) is 41.9 Å². The lowest BCUT2D eigenvalue weighted by atomic mass is 10.2. The fraction of sp³-hybridized carbons (Fsp3) is 0.280. The van der Waals surface area contributed by atoms with Gasteiger partial charge in [0.1, 0.15) is 11.5 Å². The average molecular weight is 580 g/mol. The molecule has 39 heavy (non-hydrogen) atoms. The van der Waals surface area contributed by atoms with Crippen molar-refractivity contribution >= 4 is 40.1 Å². The van der Waals surface area contributed by atoms with Gasteiger partial charge < -0.3 is 9.47 Å². The molecule has 0 spiro atoms. The summed E-state index contributed by atoms with van der Waals surface area (Å²) in [5.41, 5.74) is 1.48. The minimum Gasteiger partial charge on any atom is -0.425 e. The largest absolute Gasteiger partial charge is 0.573 e. The van der Waals surface area contributed by atoms with Gasteiger partial charge in [0.05, 0.1) is 23.4 Å². The molecule has 0 saturated heterocycles. The van der Waals surface area contributed by atoms with E-state index in [9.17, 15) is 22.8 Å². The normalized spacial score (nSPS) is 17.2. The van der Waals surface area contributed by atoms with Crippen molar-refractivity contribution in [3.63, 3.8) is 0 Å². The van der Waals surface area contributed by atoms with Gasteiger partial charge >= 0.3 is 18.1 Å². The van der Waals surface area contributed by atoms with Crippen LogP contribution in [0, 0.1) is 0 Å². The first-order valence-corrected chi connectivity index (χ1v) is 13.0. The molecular formula is C25H21ClF3N5O4S. The maximum absolute atomic E-state index is 13.8. The van der Waals surface area contributed by atoms with Crippen molar-refractivity contribution in [1.82, 2.24) is 18.7 Å². The number of imidazole rings is 1. The molecule has 0 amide bonds. The molecule has 5 rings (SSSR count). The zero-order chi connectivity index (χ0) is 27.9. The van der Waals surface area contributed by atoms with Crippen molar-refractivity contribution in [3.8, 4) is 17.5 Å². The highest BCUT2D eigenvalue weighted by Crippen LogP contribution is 2.30. The van der Waals surface area contributed by atoms with Crippen molar-refractivity contribution in [2.75, 3.05) is 0 Å². The standard InChI is InChI=1S/C25H21ClF3N5O4S/c1-14-19(39-13-30-14)12-34-22(35)20-21(32(2)24(34)36)31-23(33(20)11-15-6-8-16(26)9-7-15)37-17-4-3-5-18(10-17)38-25(27,28)29/h3-10,13-14,19H,11-12H2,1-2H3. The third-order valence-corrected chi connectivity index (χ3v) is 7.52. The number of aromatic nitrogens is 4. The van der Waals surface area contributed by atoms with Crippen LogP contribution in [0.15, 0.2) is 63.1 Å². The number of rotatable bonds is 7. The highest BCUT2D eigenvalue weighted by Gasteiger charge is 2.31. The summed E-state index contributed by atoms with van der Waals surface area (Å²) in [6.45, 7) is 2.14. The molecule has 0 bridgehead atoms. The summed E-state index contributed by atoms with van der Waals surface area (Å²) in [4.78, 5) is 35.7. The maximum Gasteiger partial charge on any atom is 0.573 e. The van der Waals surface area contributed by atoms with Crippen LogP contribution in [0.4, 0.5) is 13.2 Å². The molecule has 2 aromatic carbocycles. The van der Waals surface area contributed by atoms with Crippen molar-refractivity contribution < 1.29 is 22.6 Å². The molecule has 204 valence electrons. The van der Waals surface area contributed by atoms with Crippen LogP contribution in [-0.2, 0) is 20.1 Å². The van der Waals surface area contributed by atoms with E-state index in [0.29, 0.717) is 5.02 Å². The number of hydrogen-bond donors (Lipinski definition) is 0. The number of ether oxygens (including phenoxy) is 2. The number of hydrogen-bond acceptors (Lipinski definition) is 7. The lowest BCUT2D eigenvalue weighted by Crippen LogP contribution is -2.42. The summed E-state index contributed by atoms with van der Waals surface area (Å²) in [7, 11) is 1.49. The lowest BCUT2D eigenvalue weighted by Gasteiger charge is -2.16. The van der Waals surface area contributed by atoms with Crippen LogP contribution in [0.5, 0.6) is 17.5 Å². The van der Waals surface area contributed by atoms with Gasteiger partial charge in [-0.2, -0.15) is 4.98 Å². The van der Waals surface area contributed by atoms with Gasteiger partial charge in [-0.3, -0.25) is 23.5 Å². The van der Waals surface area contributed by atoms with E-state index >= 15 is 0 Å². The van der Waals surface area contributed by atoms with Crippen LogP contribution in [0.3, 0.4) is 0 Å². The second-order valence-electron chi connectivity index (χ2n) is 8.83. The first kappa shape index (κ1) is 26.9. The summed E-state index contributed by atoms with van der Waals surface area (Å²) in [5.74, 6) is -0.497. The van der Waals surface area contributed by atoms with Gasteiger partial charge in [-0.05, 0) is 36.8 Å². The van der Waals surface area contributed by atoms with Gasteiger partial charge in [-0.25, -0.2) is 4.79 Å². The zero-order valence-corrected chi connectivity index (χ0v) is 22.1. The smallest absolute Gasteiger partial charge is 0.425 e. The monoisotopic (exact) mass is 579 g/mol. The van der Waals surface area contributed by atoms with Crippen molar-refractivity contribution in [1.29, 1.82) is 0 Å². The first-order valence-electron chi connectivity index (χ1n) is 11.7. The van der Waals surface area contributed by atoms with E-state index < -0.39 is 23.4 Å². The molecule has 2 atom stereocenters. The molecule has 3 heterocycles. The number of nitrogens with zero attached hydrogens (tertiary/aromatic N) is 5.